The lowest BCUT2D eigenvalue weighted by Gasteiger charge is -2.21. The number of halogens is 2. The molecule has 0 aliphatic carbocycles. The van der Waals surface area contributed by atoms with E-state index in [1.807, 2.05) is 0 Å². The number of hydrogen-bond donors (Lipinski definition) is 1. The molecule has 1 rings (SSSR count). The number of nitrogens with zero attached hydrogens (tertiary/aromatic N) is 1. The summed E-state index contributed by atoms with van der Waals surface area (Å²) in [7, 11) is -2.47. The van der Waals surface area contributed by atoms with Gasteiger partial charge in [0.25, 0.3) is 0 Å². The molecule has 0 aliphatic heterocycles. The standard InChI is InChI=1S/C12H15Cl2NO5S/c1-3-15(6-7-20-2)21(18,19)9-5-4-8(13)10(11(9)14)12(16)17/h4-5H,3,6-7H2,1-2H3,(H,16,17). The number of aromatic carboxylic acids is 1. The average molecular weight is 356 g/mol. The summed E-state index contributed by atoms with van der Waals surface area (Å²) in [5.74, 6) is -1.39. The van der Waals surface area contributed by atoms with Crippen molar-refractivity contribution in [3.63, 3.8) is 0 Å². The Balaban J connectivity index is 3.38. The molecular weight excluding hydrogens is 341 g/mol. The van der Waals surface area contributed by atoms with Gasteiger partial charge in [-0.3, -0.25) is 0 Å². The van der Waals surface area contributed by atoms with E-state index in [-0.39, 0.29) is 29.6 Å². The number of carbonyl (C=O) groups is 1. The Bertz CT molecular complexity index is 633. The Labute approximate surface area is 133 Å². The zero-order chi connectivity index (χ0) is 16.2. The average Bonchev–Trinajstić information content (AvgIpc) is 2.38. The molecule has 6 nitrogen and oxygen atoms in total. The predicted octanol–water partition coefficient (Wildman–Crippen LogP) is 2.35. The van der Waals surface area contributed by atoms with Crippen LogP contribution in [0.1, 0.15) is 17.3 Å². The first-order valence-electron chi connectivity index (χ1n) is 5.97. The lowest BCUT2D eigenvalue weighted by molar-refractivity contribution is 0.0697. The number of hydrogen-bond acceptors (Lipinski definition) is 4. The van der Waals surface area contributed by atoms with Gasteiger partial charge in [0.05, 0.1) is 22.2 Å². The summed E-state index contributed by atoms with van der Waals surface area (Å²) in [5, 5.41) is 8.56. The molecule has 0 amide bonds. The molecular formula is C12H15Cl2NO5S. The number of methoxy groups -OCH3 is 1. The van der Waals surface area contributed by atoms with E-state index in [1.54, 1.807) is 6.92 Å². The van der Waals surface area contributed by atoms with Gasteiger partial charge >= 0.3 is 5.97 Å². The van der Waals surface area contributed by atoms with Gasteiger partial charge in [0, 0.05) is 20.2 Å². The third-order valence-electron chi connectivity index (χ3n) is 2.78. The van der Waals surface area contributed by atoms with Crippen molar-refractivity contribution in [3.05, 3.63) is 27.7 Å². The quantitative estimate of drug-likeness (QED) is 0.811. The molecule has 0 bridgehead atoms. The smallest absolute Gasteiger partial charge is 0.338 e. The molecule has 1 N–H and O–H groups in total. The molecule has 118 valence electrons. The highest BCUT2D eigenvalue weighted by Crippen LogP contribution is 2.32. The van der Waals surface area contributed by atoms with Crippen LogP contribution < -0.4 is 0 Å². The van der Waals surface area contributed by atoms with Crippen molar-refractivity contribution < 1.29 is 23.1 Å². The number of sulfonamides is 1. The predicted molar refractivity (Wildman–Crippen MR) is 79.7 cm³/mol. The molecule has 0 aliphatic rings. The maximum atomic E-state index is 12.5. The van der Waals surface area contributed by atoms with Gasteiger partial charge in [0.2, 0.25) is 10.0 Å². The number of rotatable bonds is 7. The Morgan fingerprint density at radius 3 is 2.48 bits per heavy atom. The highest BCUT2D eigenvalue weighted by molar-refractivity contribution is 7.89. The Morgan fingerprint density at radius 2 is 2.00 bits per heavy atom. The van der Waals surface area contributed by atoms with Gasteiger partial charge < -0.3 is 9.84 Å². The molecule has 0 unspecified atom stereocenters. The zero-order valence-corrected chi connectivity index (χ0v) is 13.8. The van der Waals surface area contributed by atoms with E-state index >= 15 is 0 Å². The second-order valence-corrected chi connectivity index (χ2v) is 6.72. The number of ether oxygens (including phenoxy) is 1. The maximum absolute atomic E-state index is 12.5. The zero-order valence-electron chi connectivity index (χ0n) is 11.5. The van der Waals surface area contributed by atoms with Crippen LogP contribution in [0.25, 0.3) is 0 Å². The lowest BCUT2D eigenvalue weighted by atomic mass is 10.2. The van der Waals surface area contributed by atoms with E-state index in [0.29, 0.717) is 0 Å². The summed E-state index contributed by atoms with van der Waals surface area (Å²) in [6, 6.07) is 2.40. The van der Waals surface area contributed by atoms with Gasteiger partial charge in [0.15, 0.2) is 0 Å². The Kier molecular flexibility index (Phi) is 6.42. The van der Waals surface area contributed by atoms with E-state index in [0.717, 1.165) is 4.31 Å². The molecule has 0 heterocycles. The van der Waals surface area contributed by atoms with Crippen molar-refractivity contribution in [2.45, 2.75) is 11.8 Å². The van der Waals surface area contributed by atoms with Crippen LogP contribution >= 0.6 is 23.2 Å². The van der Waals surface area contributed by atoms with Crippen molar-refractivity contribution in [1.82, 2.24) is 4.31 Å². The van der Waals surface area contributed by atoms with Crippen LogP contribution in [0.5, 0.6) is 0 Å². The maximum Gasteiger partial charge on any atom is 0.338 e. The molecule has 0 saturated carbocycles. The molecule has 0 atom stereocenters. The van der Waals surface area contributed by atoms with E-state index in [2.05, 4.69) is 0 Å². The molecule has 0 radical (unpaired) electrons. The van der Waals surface area contributed by atoms with Gasteiger partial charge in [-0.05, 0) is 12.1 Å². The summed E-state index contributed by atoms with van der Waals surface area (Å²) in [4.78, 5) is 10.8. The molecule has 9 heteroatoms. The van der Waals surface area contributed by atoms with Crippen LogP contribution in [0.2, 0.25) is 10.0 Å². The Hall–Kier alpha value is -0.860. The van der Waals surface area contributed by atoms with Crippen molar-refractivity contribution in [2.24, 2.45) is 0 Å². The summed E-state index contributed by atoms with van der Waals surface area (Å²) in [5.41, 5.74) is -0.429. The molecule has 1 aromatic carbocycles. The first-order valence-corrected chi connectivity index (χ1v) is 8.17. The Morgan fingerprint density at radius 1 is 1.38 bits per heavy atom. The van der Waals surface area contributed by atoms with Crippen LogP contribution in [-0.4, -0.2) is 50.6 Å². The molecule has 1 aromatic rings. The van der Waals surface area contributed by atoms with Gasteiger partial charge in [-0.15, -0.1) is 0 Å². The molecule has 21 heavy (non-hydrogen) atoms. The SMILES string of the molecule is CCN(CCOC)S(=O)(=O)c1ccc(Cl)c(C(=O)O)c1Cl. The number of benzene rings is 1. The summed E-state index contributed by atoms with van der Waals surface area (Å²) in [6.45, 7) is 2.21. The molecule has 0 aromatic heterocycles. The molecule has 0 saturated heterocycles. The topological polar surface area (TPSA) is 83.9 Å². The fraction of sp³-hybridized carbons (Fsp3) is 0.417. The van der Waals surface area contributed by atoms with Crippen LogP contribution in [0.15, 0.2) is 17.0 Å². The van der Waals surface area contributed by atoms with Gasteiger partial charge in [-0.2, -0.15) is 4.31 Å². The van der Waals surface area contributed by atoms with E-state index in [4.69, 9.17) is 33.0 Å². The van der Waals surface area contributed by atoms with Gasteiger partial charge in [-0.25, -0.2) is 13.2 Å². The van der Waals surface area contributed by atoms with Crippen molar-refractivity contribution in [2.75, 3.05) is 26.8 Å². The summed E-state index contributed by atoms with van der Waals surface area (Å²) in [6.07, 6.45) is 0. The van der Waals surface area contributed by atoms with Crippen molar-refractivity contribution in [1.29, 1.82) is 0 Å². The summed E-state index contributed by atoms with van der Waals surface area (Å²) >= 11 is 11.7. The number of likely N-dealkylation sites (N-methyl/N-ethyl adjacent to an activating group) is 1. The first kappa shape index (κ1) is 18.2. The van der Waals surface area contributed by atoms with E-state index in [9.17, 15) is 13.2 Å². The lowest BCUT2D eigenvalue weighted by Crippen LogP contribution is -2.34. The summed E-state index contributed by atoms with van der Waals surface area (Å²) < 4.78 is 31.1. The number of carboxylic acid groups (broad SMARTS) is 1. The van der Waals surface area contributed by atoms with E-state index in [1.165, 1.54) is 19.2 Å². The van der Waals surface area contributed by atoms with Crippen LogP contribution in [0.3, 0.4) is 0 Å². The molecule has 0 fully saturated rings. The second kappa shape index (κ2) is 7.42. The minimum absolute atomic E-state index is 0.119. The van der Waals surface area contributed by atoms with Crippen LogP contribution in [0, 0.1) is 0 Å². The fourth-order valence-electron chi connectivity index (χ4n) is 1.71. The third kappa shape index (κ3) is 3.87. The highest BCUT2D eigenvalue weighted by atomic mass is 35.5. The van der Waals surface area contributed by atoms with Crippen LogP contribution in [0.4, 0.5) is 0 Å². The fourth-order valence-corrected chi connectivity index (χ4v) is 4.04. The monoisotopic (exact) mass is 355 g/mol. The van der Waals surface area contributed by atoms with E-state index < -0.39 is 26.6 Å². The number of carboxylic acids is 1. The van der Waals surface area contributed by atoms with Crippen LogP contribution in [-0.2, 0) is 14.8 Å². The van der Waals surface area contributed by atoms with Gasteiger partial charge in [0.1, 0.15) is 4.90 Å². The minimum atomic E-state index is -3.93. The largest absolute Gasteiger partial charge is 0.478 e. The third-order valence-corrected chi connectivity index (χ3v) is 5.62. The van der Waals surface area contributed by atoms with Crippen molar-refractivity contribution in [3.8, 4) is 0 Å². The highest BCUT2D eigenvalue weighted by Gasteiger charge is 2.29. The minimum Gasteiger partial charge on any atom is -0.478 e. The van der Waals surface area contributed by atoms with Crippen molar-refractivity contribution >= 4 is 39.2 Å². The molecule has 0 spiro atoms. The van der Waals surface area contributed by atoms with Gasteiger partial charge in [-0.1, -0.05) is 30.1 Å². The normalized spacial score (nSPS) is 11.9. The first-order chi connectivity index (χ1) is 9.77. The second-order valence-electron chi connectivity index (χ2n) is 4.03.